The van der Waals surface area contributed by atoms with Crippen molar-refractivity contribution < 1.29 is 9.57 Å². The molecular formula is C11H15N3O2S. The molecule has 1 aromatic rings. The molecule has 0 atom stereocenters. The molecule has 1 rings (SSSR count). The molecule has 0 amide bonds. The minimum Gasteiger partial charge on any atom is -0.378 e. The Morgan fingerprint density at radius 2 is 2.00 bits per heavy atom. The molecule has 0 fully saturated rings. The van der Waals surface area contributed by atoms with E-state index >= 15 is 0 Å². The van der Waals surface area contributed by atoms with Gasteiger partial charge in [0.2, 0.25) is 5.11 Å². The van der Waals surface area contributed by atoms with Gasteiger partial charge in [0.1, 0.15) is 0 Å². The Morgan fingerprint density at radius 1 is 1.29 bits per heavy atom. The molecule has 0 aromatic heterocycles. The summed E-state index contributed by atoms with van der Waals surface area (Å²) in [6, 6.07) is 9.72. The van der Waals surface area contributed by atoms with E-state index in [1.54, 1.807) is 7.11 Å². The van der Waals surface area contributed by atoms with E-state index in [2.05, 4.69) is 20.8 Å². The predicted octanol–water partition coefficient (Wildman–Crippen LogP) is 1.06. The smallest absolute Gasteiger partial charge is 0.211 e. The van der Waals surface area contributed by atoms with Gasteiger partial charge in [0.05, 0.1) is 19.4 Å². The van der Waals surface area contributed by atoms with Crippen LogP contribution in [0.25, 0.3) is 0 Å². The molecular weight excluding hydrogens is 238 g/mol. The quantitative estimate of drug-likeness (QED) is 0.467. The fourth-order valence-electron chi connectivity index (χ4n) is 1.18. The van der Waals surface area contributed by atoms with E-state index in [0.717, 1.165) is 11.3 Å². The van der Waals surface area contributed by atoms with Crippen LogP contribution in [0.5, 0.6) is 0 Å². The second-order valence-electron chi connectivity index (χ2n) is 3.10. The summed E-state index contributed by atoms with van der Waals surface area (Å²) in [5.74, 6) is 0. The summed E-state index contributed by atoms with van der Waals surface area (Å²) < 4.78 is 5.08. The van der Waals surface area contributed by atoms with Crippen molar-refractivity contribution in [1.82, 2.24) is 10.9 Å². The van der Waals surface area contributed by atoms with Gasteiger partial charge in [0.25, 0.3) is 0 Å². The largest absolute Gasteiger partial charge is 0.378 e. The van der Waals surface area contributed by atoms with Crippen LogP contribution < -0.4 is 10.9 Å². The molecule has 0 aliphatic rings. The highest BCUT2D eigenvalue weighted by molar-refractivity contribution is 7.80. The average Bonchev–Trinajstić information content (AvgIpc) is 2.36. The van der Waals surface area contributed by atoms with Crippen molar-refractivity contribution in [3.05, 3.63) is 35.9 Å². The number of hydroxylamine groups is 1. The first-order chi connectivity index (χ1) is 8.27. The van der Waals surface area contributed by atoms with E-state index in [1.807, 2.05) is 30.3 Å². The fourth-order valence-corrected chi connectivity index (χ4v) is 1.31. The highest BCUT2D eigenvalue weighted by Gasteiger charge is 2.02. The first kappa shape index (κ1) is 13.6. The molecule has 0 aliphatic heterocycles. The summed E-state index contributed by atoms with van der Waals surface area (Å²) in [5.41, 5.74) is 6.87. The zero-order chi connectivity index (χ0) is 12.5. The molecule has 1 aromatic carbocycles. The van der Waals surface area contributed by atoms with Crippen LogP contribution in [0.1, 0.15) is 5.56 Å². The van der Waals surface area contributed by atoms with Gasteiger partial charge in [0, 0.05) is 12.7 Å². The molecule has 0 heterocycles. The van der Waals surface area contributed by atoms with Crippen LogP contribution in [0.3, 0.4) is 0 Å². The minimum atomic E-state index is 0.289. The number of hydrogen-bond donors (Lipinski definition) is 2. The Kier molecular flexibility index (Phi) is 6.16. The molecule has 0 aliphatic carbocycles. The third-order valence-electron chi connectivity index (χ3n) is 1.88. The second kappa shape index (κ2) is 7.72. The van der Waals surface area contributed by atoms with E-state index in [-0.39, 0.29) is 5.11 Å². The van der Waals surface area contributed by atoms with Crippen molar-refractivity contribution >= 4 is 23.0 Å². The average molecular weight is 253 g/mol. The summed E-state index contributed by atoms with van der Waals surface area (Å²) in [6.45, 7) is 0.395. The van der Waals surface area contributed by atoms with Crippen LogP contribution in [0.4, 0.5) is 0 Å². The van der Waals surface area contributed by atoms with Crippen molar-refractivity contribution in [1.29, 1.82) is 0 Å². The third kappa shape index (κ3) is 4.90. The summed E-state index contributed by atoms with van der Waals surface area (Å²) in [5, 5.41) is 4.45. The first-order valence-electron chi connectivity index (χ1n) is 4.97. The Balaban J connectivity index is 2.72. The van der Waals surface area contributed by atoms with Crippen LogP contribution in [0.2, 0.25) is 0 Å². The van der Waals surface area contributed by atoms with Gasteiger partial charge in [-0.1, -0.05) is 30.3 Å². The lowest BCUT2D eigenvalue weighted by Crippen LogP contribution is -2.32. The van der Waals surface area contributed by atoms with E-state index in [9.17, 15) is 0 Å². The number of rotatable bonds is 5. The maximum Gasteiger partial charge on any atom is 0.211 e. The number of ether oxygens (including phenoxy) is 1. The molecule has 0 spiro atoms. The Labute approximate surface area is 106 Å². The number of nitrogens with one attached hydrogen (secondary N) is 2. The number of methoxy groups -OCH3 is 1. The molecule has 0 unspecified atom stereocenters. The van der Waals surface area contributed by atoms with E-state index < -0.39 is 0 Å². The molecule has 17 heavy (non-hydrogen) atoms. The lowest BCUT2D eigenvalue weighted by atomic mass is 10.1. The van der Waals surface area contributed by atoms with Crippen LogP contribution in [0, 0.1) is 0 Å². The summed E-state index contributed by atoms with van der Waals surface area (Å²) in [6.07, 6.45) is 0. The zero-order valence-electron chi connectivity index (χ0n) is 9.77. The topological polar surface area (TPSA) is 54.9 Å². The van der Waals surface area contributed by atoms with Crippen molar-refractivity contribution in [2.75, 3.05) is 20.8 Å². The number of hydrogen-bond acceptors (Lipinski definition) is 4. The SMILES string of the molecule is COCC(=NNC(=S)NOC)c1ccccc1. The summed E-state index contributed by atoms with van der Waals surface area (Å²) in [7, 11) is 3.09. The molecule has 0 bridgehead atoms. The van der Waals surface area contributed by atoms with Crippen molar-refractivity contribution in [3.8, 4) is 0 Å². The Bertz CT molecular complexity index is 382. The molecule has 5 nitrogen and oxygen atoms in total. The highest BCUT2D eigenvalue weighted by Crippen LogP contribution is 2.01. The lowest BCUT2D eigenvalue weighted by molar-refractivity contribution is 0.143. The molecule has 6 heteroatoms. The van der Waals surface area contributed by atoms with Crippen molar-refractivity contribution in [2.45, 2.75) is 0 Å². The highest BCUT2D eigenvalue weighted by atomic mass is 32.1. The second-order valence-corrected chi connectivity index (χ2v) is 3.51. The third-order valence-corrected chi connectivity index (χ3v) is 2.05. The molecule has 0 saturated heterocycles. The number of nitrogens with zero attached hydrogens (tertiary/aromatic N) is 1. The monoisotopic (exact) mass is 253 g/mol. The summed E-state index contributed by atoms with van der Waals surface area (Å²) >= 11 is 4.91. The van der Waals surface area contributed by atoms with Crippen LogP contribution in [0.15, 0.2) is 35.4 Å². The van der Waals surface area contributed by atoms with Crippen molar-refractivity contribution in [3.63, 3.8) is 0 Å². The van der Waals surface area contributed by atoms with Crippen molar-refractivity contribution in [2.24, 2.45) is 5.10 Å². The Morgan fingerprint density at radius 3 is 2.59 bits per heavy atom. The Hall–Kier alpha value is -1.50. The van der Waals surface area contributed by atoms with Gasteiger partial charge in [-0.15, -0.1) is 0 Å². The standard InChI is InChI=1S/C11H15N3O2S/c1-15-8-10(9-6-4-3-5-7-9)12-13-11(17)14-16-2/h3-7H,8H2,1-2H3,(H2,13,14,17). The van der Waals surface area contributed by atoms with Crippen LogP contribution in [-0.4, -0.2) is 31.7 Å². The predicted molar refractivity (Wildman–Crippen MR) is 70.7 cm³/mol. The van der Waals surface area contributed by atoms with Gasteiger partial charge in [-0.05, 0) is 12.2 Å². The maximum atomic E-state index is 5.08. The van der Waals surface area contributed by atoms with Gasteiger partial charge >= 0.3 is 0 Å². The van der Waals surface area contributed by atoms with Gasteiger partial charge in [-0.25, -0.2) is 5.48 Å². The normalized spacial score (nSPS) is 11.1. The first-order valence-corrected chi connectivity index (χ1v) is 5.38. The number of thiocarbonyl (C=S) groups is 1. The van der Waals surface area contributed by atoms with E-state index in [4.69, 9.17) is 17.0 Å². The minimum absolute atomic E-state index is 0.289. The van der Waals surface area contributed by atoms with Gasteiger partial charge in [-0.2, -0.15) is 5.10 Å². The zero-order valence-corrected chi connectivity index (χ0v) is 10.6. The molecule has 0 radical (unpaired) electrons. The molecule has 0 saturated carbocycles. The fraction of sp³-hybridized carbons (Fsp3) is 0.273. The maximum absolute atomic E-state index is 5.08. The van der Waals surface area contributed by atoms with E-state index in [1.165, 1.54) is 7.11 Å². The number of benzene rings is 1. The van der Waals surface area contributed by atoms with Gasteiger partial charge < -0.3 is 4.74 Å². The van der Waals surface area contributed by atoms with Gasteiger partial charge in [-0.3, -0.25) is 10.3 Å². The number of hydrazone groups is 1. The lowest BCUT2D eigenvalue weighted by Gasteiger charge is -2.08. The summed E-state index contributed by atoms with van der Waals surface area (Å²) in [4.78, 5) is 4.65. The van der Waals surface area contributed by atoms with E-state index in [0.29, 0.717) is 6.61 Å². The van der Waals surface area contributed by atoms with Crippen LogP contribution >= 0.6 is 12.2 Å². The van der Waals surface area contributed by atoms with Gasteiger partial charge in [0.15, 0.2) is 0 Å². The molecule has 2 N–H and O–H groups in total. The molecule has 92 valence electrons. The van der Waals surface area contributed by atoms with Crippen LogP contribution in [-0.2, 0) is 9.57 Å².